The van der Waals surface area contributed by atoms with Gasteiger partial charge in [0.1, 0.15) is 22.8 Å². The summed E-state index contributed by atoms with van der Waals surface area (Å²) in [6.45, 7) is 5.38. The van der Waals surface area contributed by atoms with Crippen LogP contribution in [-0.2, 0) is 11.2 Å². The molecule has 2 aromatic carbocycles. The molecule has 0 saturated carbocycles. The van der Waals surface area contributed by atoms with Crippen molar-refractivity contribution in [3.8, 4) is 28.7 Å². The number of aromatic hydroxyl groups is 4. The fourth-order valence-corrected chi connectivity index (χ4v) is 3.81. The summed E-state index contributed by atoms with van der Waals surface area (Å²) in [6, 6.07) is 4.66. The summed E-state index contributed by atoms with van der Waals surface area (Å²) >= 11 is 0. The molecule has 0 amide bonds. The van der Waals surface area contributed by atoms with Gasteiger partial charge in [-0.25, -0.2) is 0 Å². The highest BCUT2D eigenvalue weighted by Gasteiger charge is 2.40. The van der Waals surface area contributed by atoms with Crippen molar-refractivity contribution in [2.24, 2.45) is 0 Å². The first-order valence-electron chi connectivity index (χ1n) is 10.6. The molecule has 8 heteroatoms. The van der Waals surface area contributed by atoms with Gasteiger partial charge in [-0.3, -0.25) is 9.59 Å². The lowest BCUT2D eigenvalue weighted by molar-refractivity contribution is -0.122. The number of carbonyl (C=O) groups excluding carboxylic acids is 2. The van der Waals surface area contributed by atoms with Gasteiger partial charge in [0, 0.05) is 23.3 Å². The highest BCUT2D eigenvalue weighted by Crippen LogP contribution is 2.43. The van der Waals surface area contributed by atoms with E-state index in [1.807, 2.05) is 13.0 Å². The molecule has 33 heavy (non-hydrogen) atoms. The molecule has 1 unspecified atom stereocenters. The van der Waals surface area contributed by atoms with Gasteiger partial charge in [-0.05, 0) is 52.5 Å². The summed E-state index contributed by atoms with van der Waals surface area (Å²) in [7, 11) is 0. The van der Waals surface area contributed by atoms with Gasteiger partial charge in [0.05, 0.1) is 5.60 Å². The molecule has 3 rings (SSSR count). The molecule has 0 fully saturated rings. The number of allylic oxidation sites excluding steroid dienone is 2. The summed E-state index contributed by atoms with van der Waals surface area (Å²) in [6.07, 6.45) is 2.66. The maximum Gasteiger partial charge on any atom is 0.248 e. The van der Waals surface area contributed by atoms with E-state index in [2.05, 4.69) is 0 Å². The topological polar surface area (TPSA) is 145 Å². The van der Waals surface area contributed by atoms with Gasteiger partial charge in [0.25, 0.3) is 0 Å². The normalized spacial score (nSPS) is 16.5. The van der Waals surface area contributed by atoms with Crippen molar-refractivity contribution in [3.63, 3.8) is 0 Å². The average molecular weight is 456 g/mol. The smallest absolute Gasteiger partial charge is 0.248 e. The van der Waals surface area contributed by atoms with Gasteiger partial charge in [-0.2, -0.15) is 0 Å². The summed E-state index contributed by atoms with van der Waals surface area (Å²) < 4.78 is 5.68. The molecule has 0 saturated heterocycles. The van der Waals surface area contributed by atoms with E-state index in [0.717, 1.165) is 24.1 Å². The third kappa shape index (κ3) is 5.28. The number of benzene rings is 2. The number of aliphatic hydroxyl groups is 1. The van der Waals surface area contributed by atoms with E-state index >= 15 is 0 Å². The van der Waals surface area contributed by atoms with E-state index in [-0.39, 0.29) is 40.4 Å². The van der Waals surface area contributed by atoms with Gasteiger partial charge in [-0.15, -0.1) is 0 Å². The zero-order valence-electron chi connectivity index (χ0n) is 18.8. The number of rotatable bonds is 7. The Morgan fingerprint density at radius 1 is 1.09 bits per heavy atom. The maximum absolute atomic E-state index is 12.8. The molecule has 1 atom stereocenters. The Bertz CT molecular complexity index is 1120. The van der Waals surface area contributed by atoms with Crippen LogP contribution in [0.25, 0.3) is 0 Å². The zero-order chi connectivity index (χ0) is 24.5. The molecule has 0 aromatic heterocycles. The second-order valence-electron chi connectivity index (χ2n) is 8.95. The number of ketones is 2. The van der Waals surface area contributed by atoms with Crippen LogP contribution >= 0.6 is 0 Å². The number of carbonyl (C=O) groups is 2. The van der Waals surface area contributed by atoms with E-state index in [0.29, 0.717) is 12.8 Å². The van der Waals surface area contributed by atoms with Crippen molar-refractivity contribution in [2.75, 3.05) is 0 Å². The van der Waals surface area contributed by atoms with Crippen molar-refractivity contribution in [1.29, 1.82) is 0 Å². The lowest BCUT2D eigenvalue weighted by Crippen LogP contribution is -2.32. The number of phenols is 4. The maximum atomic E-state index is 12.8. The van der Waals surface area contributed by atoms with Gasteiger partial charge >= 0.3 is 0 Å². The molecule has 2 aromatic rings. The molecular formula is C25H28O8. The van der Waals surface area contributed by atoms with Crippen LogP contribution in [-0.4, -0.2) is 42.7 Å². The zero-order valence-corrected chi connectivity index (χ0v) is 18.8. The molecule has 0 spiro atoms. The highest BCUT2D eigenvalue weighted by molar-refractivity contribution is 6.47. The fourth-order valence-electron chi connectivity index (χ4n) is 3.81. The van der Waals surface area contributed by atoms with Crippen LogP contribution in [0.1, 0.15) is 67.6 Å². The van der Waals surface area contributed by atoms with Gasteiger partial charge in [0.15, 0.2) is 17.6 Å². The Hall–Kier alpha value is -3.52. The predicted molar refractivity (Wildman–Crippen MR) is 120 cm³/mol. The van der Waals surface area contributed by atoms with Crippen LogP contribution in [0.3, 0.4) is 0 Å². The average Bonchev–Trinajstić information content (AvgIpc) is 2.70. The van der Waals surface area contributed by atoms with Crippen LogP contribution in [0.2, 0.25) is 0 Å². The molecule has 5 N–H and O–H groups in total. The van der Waals surface area contributed by atoms with Crippen molar-refractivity contribution in [1.82, 2.24) is 0 Å². The Kier molecular flexibility index (Phi) is 6.69. The third-order valence-corrected chi connectivity index (χ3v) is 5.59. The Morgan fingerprint density at radius 3 is 2.45 bits per heavy atom. The van der Waals surface area contributed by atoms with E-state index in [9.17, 15) is 35.1 Å². The van der Waals surface area contributed by atoms with Crippen molar-refractivity contribution < 1.29 is 39.9 Å². The lowest BCUT2D eigenvalue weighted by atomic mass is 9.90. The monoisotopic (exact) mass is 456 g/mol. The molecule has 176 valence electrons. The third-order valence-electron chi connectivity index (χ3n) is 5.59. The molecule has 8 nitrogen and oxygen atoms in total. The first-order chi connectivity index (χ1) is 15.4. The van der Waals surface area contributed by atoms with E-state index < -0.39 is 34.8 Å². The van der Waals surface area contributed by atoms with Gasteiger partial charge in [-0.1, -0.05) is 17.7 Å². The number of Topliss-reactive ketones (excluding diaryl/α,β-unsaturated/α-hetero) is 2. The molecular weight excluding hydrogens is 428 g/mol. The minimum atomic E-state index is -1.42. The number of hydrogen-bond donors (Lipinski definition) is 5. The van der Waals surface area contributed by atoms with E-state index in [4.69, 9.17) is 4.74 Å². The summed E-state index contributed by atoms with van der Waals surface area (Å²) in [5, 5.41) is 50.1. The second kappa shape index (κ2) is 9.15. The van der Waals surface area contributed by atoms with Crippen LogP contribution in [0, 0.1) is 0 Å². The van der Waals surface area contributed by atoms with Crippen LogP contribution in [0.15, 0.2) is 35.9 Å². The van der Waals surface area contributed by atoms with Gasteiger partial charge in [0.2, 0.25) is 11.6 Å². The molecule has 0 radical (unpaired) electrons. The second-order valence-corrected chi connectivity index (χ2v) is 8.95. The SMILES string of the molecule is C/C(=C\Cc1c(C2Oc3cc(O)cc(O)c3C(=O)C2=O)ccc(O)c1O)CCCC(C)(C)O. The minimum Gasteiger partial charge on any atom is -0.508 e. The molecule has 1 aliphatic rings. The number of hydrogen-bond acceptors (Lipinski definition) is 8. The summed E-state index contributed by atoms with van der Waals surface area (Å²) in [4.78, 5) is 25.5. The van der Waals surface area contributed by atoms with Gasteiger partial charge < -0.3 is 30.3 Å². The summed E-state index contributed by atoms with van der Waals surface area (Å²) in [5.74, 6) is -3.80. The minimum absolute atomic E-state index is 0.154. The number of phenolic OH excluding ortho intramolecular Hbond substituents is 4. The van der Waals surface area contributed by atoms with E-state index in [1.165, 1.54) is 12.1 Å². The van der Waals surface area contributed by atoms with Crippen molar-refractivity contribution >= 4 is 11.6 Å². The van der Waals surface area contributed by atoms with Crippen LogP contribution in [0.5, 0.6) is 28.7 Å². The number of fused-ring (bicyclic) bond motifs is 1. The van der Waals surface area contributed by atoms with Crippen LogP contribution in [0.4, 0.5) is 0 Å². The first kappa shape index (κ1) is 24.1. The highest BCUT2D eigenvalue weighted by atomic mass is 16.5. The predicted octanol–water partition coefficient (Wildman–Crippen LogP) is 3.82. The Balaban J connectivity index is 1.93. The molecule has 0 aliphatic carbocycles. The van der Waals surface area contributed by atoms with E-state index in [1.54, 1.807) is 13.8 Å². The quantitative estimate of drug-likeness (QED) is 0.240. The standard InChI is InChI=1S/C25H28O8/c1-13(5-4-10-25(2,3)32)6-7-15-16(8-9-17(27)21(15)29)24-23(31)22(30)20-18(28)11-14(26)12-19(20)33-24/h6,8-9,11-12,24,26-29,32H,4-5,7,10H2,1-3H3/b13-6+. The fraction of sp³-hybridized carbons (Fsp3) is 0.360. The largest absolute Gasteiger partial charge is 0.508 e. The number of ether oxygens (including phenoxy) is 1. The molecule has 0 bridgehead atoms. The van der Waals surface area contributed by atoms with Crippen molar-refractivity contribution in [2.45, 2.75) is 58.2 Å². The molecule has 1 heterocycles. The Morgan fingerprint density at radius 2 is 1.79 bits per heavy atom. The van der Waals surface area contributed by atoms with Crippen LogP contribution < -0.4 is 4.74 Å². The Labute approximate surface area is 191 Å². The lowest BCUT2D eigenvalue weighted by Gasteiger charge is -2.26. The first-order valence-corrected chi connectivity index (χ1v) is 10.6. The molecule has 1 aliphatic heterocycles. The van der Waals surface area contributed by atoms with Crippen molar-refractivity contribution in [3.05, 3.63) is 52.6 Å². The summed E-state index contributed by atoms with van der Waals surface area (Å²) in [5.41, 5.74) is 0.302.